The first-order valence-corrected chi connectivity index (χ1v) is 10.5. The maximum absolute atomic E-state index is 12.9. The number of fused-ring (bicyclic) bond motifs is 3. The number of carbonyl (C=O) groups excluding carboxylic acids is 1. The molecule has 3 heterocycles. The number of carbonyl (C=O) groups is 1. The summed E-state index contributed by atoms with van der Waals surface area (Å²) in [5.41, 5.74) is 1.49. The van der Waals surface area contributed by atoms with E-state index in [-0.39, 0.29) is 11.5 Å². The molecule has 9 heteroatoms. The third kappa shape index (κ3) is 3.34. The second-order valence-electron chi connectivity index (χ2n) is 6.51. The van der Waals surface area contributed by atoms with Crippen LogP contribution in [0.1, 0.15) is 10.4 Å². The average molecular weight is 476 g/mol. The van der Waals surface area contributed by atoms with Crippen molar-refractivity contribution >= 4 is 43.4 Å². The summed E-state index contributed by atoms with van der Waals surface area (Å²) in [5, 5.41) is 0.610. The lowest BCUT2D eigenvalue weighted by molar-refractivity contribution is -0.126. The van der Waals surface area contributed by atoms with E-state index in [9.17, 15) is 9.59 Å². The minimum absolute atomic E-state index is 0.106. The summed E-state index contributed by atoms with van der Waals surface area (Å²) in [7, 11) is 3.11. The molecule has 0 bridgehead atoms. The summed E-state index contributed by atoms with van der Waals surface area (Å²) in [6, 6.07) is 3.59. The molecule has 1 aliphatic heterocycles. The third-order valence-electron chi connectivity index (χ3n) is 4.90. The number of hydrogen-bond acceptors (Lipinski definition) is 6. The van der Waals surface area contributed by atoms with Gasteiger partial charge < -0.3 is 19.4 Å². The number of benzene rings is 1. The van der Waals surface area contributed by atoms with E-state index in [1.165, 1.54) is 17.4 Å². The summed E-state index contributed by atoms with van der Waals surface area (Å²) in [6.07, 6.45) is 1.94. The number of aromatic amines is 1. The molecule has 7 nitrogen and oxygen atoms in total. The van der Waals surface area contributed by atoms with Crippen LogP contribution in [0.4, 0.5) is 0 Å². The Kier molecular flexibility index (Phi) is 5.18. The highest BCUT2D eigenvalue weighted by Crippen LogP contribution is 2.39. The molecule has 1 aromatic carbocycles. The van der Waals surface area contributed by atoms with Crippen LogP contribution in [0.25, 0.3) is 21.6 Å². The topological polar surface area (TPSA) is 84.5 Å². The van der Waals surface area contributed by atoms with E-state index in [1.54, 1.807) is 25.2 Å². The third-order valence-corrected chi connectivity index (χ3v) is 6.60. The number of H-pyrrole nitrogens is 1. The molecule has 150 valence electrons. The van der Waals surface area contributed by atoms with Gasteiger partial charge in [0.25, 0.3) is 5.56 Å². The van der Waals surface area contributed by atoms with Crippen molar-refractivity contribution in [2.45, 2.75) is 13.0 Å². The molecule has 0 saturated heterocycles. The van der Waals surface area contributed by atoms with Crippen molar-refractivity contribution in [2.75, 3.05) is 20.8 Å². The van der Waals surface area contributed by atoms with E-state index in [0.29, 0.717) is 57.1 Å². The zero-order valence-electron chi connectivity index (χ0n) is 15.9. The van der Waals surface area contributed by atoms with E-state index in [4.69, 9.17) is 14.5 Å². The monoisotopic (exact) mass is 475 g/mol. The molecule has 1 N–H and O–H groups in total. The van der Waals surface area contributed by atoms with Gasteiger partial charge in [-0.05, 0) is 46.1 Å². The smallest absolute Gasteiger partial charge is 0.260 e. The van der Waals surface area contributed by atoms with Crippen LogP contribution in [0.15, 0.2) is 34.1 Å². The Morgan fingerprint density at radius 2 is 2.17 bits per heavy atom. The van der Waals surface area contributed by atoms with Gasteiger partial charge in [-0.3, -0.25) is 9.59 Å². The number of ether oxygens (including phenoxy) is 2. The van der Waals surface area contributed by atoms with Gasteiger partial charge in [0, 0.05) is 17.0 Å². The number of methoxy groups -OCH3 is 2. The van der Waals surface area contributed by atoms with Gasteiger partial charge in [0.15, 0.2) is 11.5 Å². The Morgan fingerprint density at radius 3 is 2.86 bits per heavy atom. The van der Waals surface area contributed by atoms with Gasteiger partial charge in [0.1, 0.15) is 10.7 Å². The van der Waals surface area contributed by atoms with Gasteiger partial charge in [-0.1, -0.05) is 6.58 Å². The minimum Gasteiger partial charge on any atom is -0.493 e. The van der Waals surface area contributed by atoms with Crippen molar-refractivity contribution in [3.05, 3.63) is 50.1 Å². The molecule has 0 aliphatic carbocycles. The van der Waals surface area contributed by atoms with Gasteiger partial charge in [0.2, 0.25) is 5.91 Å². The number of aromatic nitrogens is 2. The maximum Gasteiger partial charge on any atom is 0.260 e. The molecule has 3 aromatic rings. The number of hydrogen-bond donors (Lipinski definition) is 1. The predicted octanol–water partition coefficient (Wildman–Crippen LogP) is 3.50. The number of thiophene rings is 1. The van der Waals surface area contributed by atoms with E-state index in [0.717, 1.165) is 10.4 Å². The molecule has 4 rings (SSSR count). The van der Waals surface area contributed by atoms with Crippen molar-refractivity contribution in [1.29, 1.82) is 0 Å². The standard InChI is InChI=1S/C20H18BrN3O4S/c1-4-15(25)24-6-5-11-14(9-24)29-20-16(11)19(26)22-18(23-20)10-7-12(21)17(28-3)13(8-10)27-2/h4,7-8H,1,5-6,9H2,2-3H3,(H,22,23,26). The Balaban J connectivity index is 1.82. The fourth-order valence-electron chi connectivity index (χ4n) is 3.51. The first kappa shape index (κ1) is 19.7. The number of amides is 1. The van der Waals surface area contributed by atoms with Gasteiger partial charge in [-0.15, -0.1) is 11.3 Å². The van der Waals surface area contributed by atoms with Crippen LogP contribution < -0.4 is 15.0 Å². The van der Waals surface area contributed by atoms with Crippen LogP contribution in [0.3, 0.4) is 0 Å². The summed E-state index contributed by atoms with van der Waals surface area (Å²) in [4.78, 5) is 35.8. The van der Waals surface area contributed by atoms with Crippen LogP contribution in [0.5, 0.6) is 11.5 Å². The first-order valence-electron chi connectivity index (χ1n) is 8.84. The highest BCUT2D eigenvalue weighted by atomic mass is 79.9. The predicted molar refractivity (Wildman–Crippen MR) is 116 cm³/mol. The fourth-order valence-corrected chi connectivity index (χ4v) is 5.35. The Hall–Kier alpha value is -2.65. The van der Waals surface area contributed by atoms with E-state index in [2.05, 4.69) is 27.5 Å². The van der Waals surface area contributed by atoms with Crippen LogP contribution in [-0.2, 0) is 17.8 Å². The summed E-state index contributed by atoms with van der Waals surface area (Å²) in [6.45, 7) is 4.58. The van der Waals surface area contributed by atoms with Crippen molar-refractivity contribution < 1.29 is 14.3 Å². The number of halogens is 1. The van der Waals surface area contributed by atoms with E-state index >= 15 is 0 Å². The van der Waals surface area contributed by atoms with Gasteiger partial charge in [-0.2, -0.15) is 0 Å². The van der Waals surface area contributed by atoms with Crippen molar-refractivity contribution in [1.82, 2.24) is 14.9 Å². The van der Waals surface area contributed by atoms with Crippen LogP contribution in [-0.4, -0.2) is 41.5 Å². The quantitative estimate of drug-likeness (QED) is 0.583. The molecular weight excluding hydrogens is 458 g/mol. The molecule has 0 radical (unpaired) electrons. The van der Waals surface area contributed by atoms with E-state index in [1.807, 2.05) is 6.07 Å². The summed E-state index contributed by atoms with van der Waals surface area (Å²) >= 11 is 4.92. The molecule has 0 fully saturated rings. The van der Waals surface area contributed by atoms with Gasteiger partial charge in [-0.25, -0.2) is 4.98 Å². The van der Waals surface area contributed by atoms with Crippen LogP contribution >= 0.6 is 27.3 Å². The molecular formula is C20H18BrN3O4S. The molecule has 0 saturated carbocycles. The average Bonchev–Trinajstić information content (AvgIpc) is 3.10. The Morgan fingerprint density at radius 1 is 1.38 bits per heavy atom. The largest absolute Gasteiger partial charge is 0.493 e. The SMILES string of the molecule is C=CC(=O)N1CCc2c(sc3nc(-c4cc(Br)c(OC)c(OC)c4)[nH]c(=O)c23)C1. The molecule has 2 aromatic heterocycles. The normalized spacial score (nSPS) is 13.3. The second-order valence-corrected chi connectivity index (χ2v) is 8.44. The van der Waals surface area contributed by atoms with Crippen molar-refractivity contribution in [3.63, 3.8) is 0 Å². The maximum atomic E-state index is 12.9. The zero-order chi connectivity index (χ0) is 20.7. The minimum atomic E-state index is -0.183. The van der Waals surface area contributed by atoms with Crippen LogP contribution in [0, 0.1) is 0 Å². The van der Waals surface area contributed by atoms with Crippen molar-refractivity contribution in [2.24, 2.45) is 0 Å². The second kappa shape index (κ2) is 7.64. The molecule has 29 heavy (non-hydrogen) atoms. The Bertz CT molecular complexity index is 1200. The van der Waals surface area contributed by atoms with Crippen molar-refractivity contribution in [3.8, 4) is 22.9 Å². The first-order chi connectivity index (χ1) is 14.0. The fraction of sp³-hybridized carbons (Fsp3) is 0.250. The summed E-state index contributed by atoms with van der Waals surface area (Å²) < 4.78 is 11.4. The van der Waals surface area contributed by atoms with Gasteiger partial charge in [0.05, 0.1) is 30.6 Å². The molecule has 0 atom stereocenters. The number of nitrogens with one attached hydrogen (secondary N) is 1. The molecule has 1 amide bonds. The lowest BCUT2D eigenvalue weighted by Gasteiger charge is -2.25. The number of rotatable bonds is 4. The molecule has 1 aliphatic rings. The van der Waals surface area contributed by atoms with Crippen LogP contribution in [0.2, 0.25) is 0 Å². The number of nitrogens with zero attached hydrogens (tertiary/aromatic N) is 2. The zero-order valence-corrected chi connectivity index (χ0v) is 18.3. The van der Waals surface area contributed by atoms with E-state index < -0.39 is 0 Å². The lowest BCUT2D eigenvalue weighted by Crippen LogP contribution is -2.34. The lowest BCUT2D eigenvalue weighted by atomic mass is 10.1. The Labute approximate surface area is 179 Å². The molecule has 0 spiro atoms. The highest BCUT2D eigenvalue weighted by molar-refractivity contribution is 9.10. The molecule has 0 unspecified atom stereocenters. The highest BCUT2D eigenvalue weighted by Gasteiger charge is 2.25. The van der Waals surface area contributed by atoms with Gasteiger partial charge >= 0.3 is 0 Å². The summed E-state index contributed by atoms with van der Waals surface area (Å²) in [5.74, 6) is 1.44.